The maximum atomic E-state index is 3.95. The molecule has 21 heavy (non-hydrogen) atoms. The van der Waals surface area contributed by atoms with Crippen LogP contribution in [0, 0.1) is 0 Å². The quantitative estimate of drug-likeness (QED) is 0.825. The van der Waals surface area contributed by atoms with E-state index in [1.807, 2.05) is 10.9 Å². The van der Waals surface area contributed by atoms with Crippen molar-refractivity contribution >= 4 is 5.69 Å². The molecule has 1 aliphatic heterocycles. The van der Waals surface area contributed by atoms with Gasteiger partial charge in [-0.15, -0.1) is 5.10 Å². The Balaban J connectivity index is 1.43. The zero-order valence-corrected chi connectivity index (χ0v) is 12.4. The monoisotopic (exact) mass is 285 g/mol. The first-order valence-electron chi connectivity index (χ1n) is 7.80. The molecule has 0 saturated carbocycles. The molecule has 2 heterocycles. The van der Waals surface area contributed by atoms with Gasteiger partial charge in [-0.05, 0) is 37.0 Å². The average molecular weight is 285 g/mol. The number of piperidine rings is 1. The van der Waals surface area contributed by atoms with Crippen LogP contribution in [0.25, 0.3) is 0 Å². The molecule has 1 fully saturated rings. The Morgan fingerprint density at radius 2 is 1.86 bits per heavy atom. The highest BCUT2D eigenvalue weighted by atomic mass is 15.4. The molecule has 1 aliphatic rings. The van der Waals surface area contributed by atoms with Gasteiger partial charge in [0, 0.05) is 38.1 Å². The Kier molecular flexibility index (Phi) is 4.84. The molecule has 0 unspecified atom stereocenters. The fourth-order valence-electron chi connectivity index (χ4n) is 2.76. The third kappa shape index (κ3) is 4.04. The van der Waals surface area contributed by atoms with E-state index in [4.69, 9.17) is 0 Å². The van der Waals surface area contributed by atoms with Crippen molar-refractivity contribution in [3.63, 3.8) is 0 Å². The Hall–Kier alpha value is -1.88. The lowest BCUT2D eigenvalue weighted by Crippen LogP contribution is -2.29. The van der Waals surface area contributed by atoms with Crippen LogP contribution in [-0.4, -0.2) is 34.6 Å². The molecule has 0 aliphatic carbocycles. The Morgan fingerprint density at radius 3 is 2.57 bits per heavy atom. The second kappa shape index (κ2) is 7.22. The highest BCUT2D eigenvalue weighted by Crippen LogP contribution is 2.20. The van der Waals surface area contributed by atoms with Gasteiger partial charge < -0.3 is 10.2 Å². The molecule has 1 aromatic heterocycles. The van der Waals surface area contributed by atoms with E-state index in [2.05, 4.69) is 44.8 Å². The predicted octanol–water partition coefficient (Wildman–Crippen LogP) is 2.06. The summed E-state index contributed by atoms with van der Waals surface area (Å²) >= 11 is 0. The van der Waals surface area contributed by atoms with E-state index in [0.717, 1.165) is 19.6 Å². The van der Waals surface area contributed by atoms with Gasteiger partial charge in [0.05, 0.1) is 12.7 Å². The minimum absolute atomic E-state index is 0.853. The molecule has 0 atom stereocenters. The summed E-state index contributed by atoms with van der Waals surface area (Å²) in [6.07, 6.45) is 7.62. The lowest BCUT2D eigenvalue weighted by Gasteiger charge is -2.28. The summed E-state index contributed by atoms with van der Waals surface area (Å²) in [7, 11) is 0. The van der Waals surface area contributed by atoms with Gasteiger partial charge in [0.2, 0.25) is 0 Å². The molecule has 3 rings (SSSR count). The largest absolute Gasteiger partial charge is 0.372 e. The SMILES string of the molecule is c1cn(CCNCc2ccc(N3CCCCC3)cc2)nn1. The predicted molar refractivity (Wildman–Crippen MR) is 84.2 cm³/mol. The molecule has 0 radical (unpaired) electrons. The topological polar surface area (TPSA) is 46.0 Å². The van der Waals surface area contributed by atoms with Crippen molar-refractivity contribution < 1.29 is 0 Å². The first kappa shape index (κ1) is 14.1. The number of hydrogen-bond donors (Lipinski definition) is 1. The molecule has 0 spiro atoms. The lowest BCUT2D eigenvalue weighted by atomic mass is 10.1. The van der Waals surface area contributed by atoms with Crippen LogP contribution in [0.5, 0.6) is 0 Å². The Labute approximate surface area is 126 Å². The van der Waals surface area contributed by atoms with Crippen LogP contribution in [0.2, 0.25) is 0 Å². The maximum absolute atomic E-state index is 3.95. The second-order valence-corrected chi connectivity index (χ2v) is 5.56. The molecule has 1 aromatic carbocycles. The Bertz CT molecular complexity index is 514. The summed E-state index contributed by atoms with van der Waals surface area (Å²) in [5, 5.41) is 11.2. The summed E-state index contributed by atoms with van der Waals surface area (Å²) < 4.78 is 1.84. The summed E-state index contributed by atoms with van der Waals surface area (Å²) in [6.45, 7) is 5.06. The van der Waals surface area contributed by atoms with Crippen molar-refractivity contribution in [1.29, 1.82) is 0 Å². The normalized spacial score (nSPS) is 15.3. The van der Waals surface area contributed by atoms with E-state index in [0.29, 0.717) is 0 Å². The van der Waals surface area contributed by atoms with Gasteiger partial charge >= 0.3 is 0 Å². The first-order chi connectivity index (χ1) is 10.4. The third-order valence-electron chi connectivity index (χ3n) is 3.98. The molecule has 2 aromatic rings. The van der Waals surface area contributed by atoms with Gasteiger partial charge in [-0.3, -0.25) is 4.68 Å². The fraction of sp³-hybridized carbons (Fsp3) is 0.500. The van der Waals surface area contributed by atoms with Crippen LogP contribution < -0.4 is 10.2 Å². The number of benzene rings is 1. The average Bonchev–Trinajstić information content (AvgIpc) is 3.06. The number of aromatic nitrogens is 3. The molecule has 5 heteroatoms. The van der Waals surface area contributed by atoms with E-state index in [-0.39, 0.29) is 0 Å². The zero-order chi connectivity index (χ0) is 14.3. The smallest absolute Gasteiger partial charge is 0.0692 e. The van der Waals surface area contributed by atoms with Crippen molar-refractivity contribution in [3.05, 3.63) is 42.2 Å². The van der Waals surface area contributed by atoms with Crippen molar-refractivity contribution in [2.24, 2.45) is 0 Å². The molecular weight excluding hydrogens is 262 g/mol. The maximum Gasteiger partial charge on any atom is 0.0692 e. The van der Waals surface area contributed by atoms with Crippen molar-refractivity contribution in [2.45, 2.75) is 32.4 Å². The summed E-state index contributed by atoms with van der Waals surface area (Å²) in [4.78, 5) is 2.49. The highest BCUT2D eigenvalue weighted by Gasteiger charge is 2.10. The standard InChI is InChI=1S/C16H23N5/c1-2-10-20(11-3-1)16-6-4-15(5-7-16)14-17-8-12-21-13-9-18-19-21/h4-7,9,13,17H,1-3,8,10-12,14H2. The highest BCUT2D eigenvalue weighted by molar-refractivity contribution is 5.47. The van der Waals surface area contributed by atoms with Crippen LogP contribution in [0.4, 0.5) is 5.69 Å². The summed E-state index contributed by atoms with van der Waals surface area (Å²) in [5.74, 6) is 0. The summed E-state index contributed by atoms with van der Waals surface area (Å²) in [6, 6.07) is 8.96. The van der Waals surface area contributed by atoms with E-state index >= 15 is 0 Å². The zero-order valence-electron chi connectivity index (χ0n) is 12.4. The number of anilines is 1. The number of rotatable bonds is 6. The van der Waals surface area contributed by atoms with E-state index in [1.54, 1.807) is 6.20 Å². The molecule has 1 N–H and O–H groups in total. The number of hydrogen-bond acceptors (Lipinski definition) is 4. The summed E-state index contributed by atoms with van der Waals surface area (Å²) in [5.41, 5.74) is 2.69. The Morgan fingerprint density at radius 1 is 1.05 bits per heavy atom. The molecule has 0 amide bonds. The van der Waals surface area contributed by atoms with Crippen LogP contribution in [0.3, 0.4) is 0 Å². The molecule has 0 bridgehead atoms. The van der Waals surface area contributed by atoms with E-state index in [9.17, 15) is 0 Å². The van der Waals surface area contributed by atoms with Crippen LogP contribution >= 0.6 is 0 Å². The van der Waals surface area contributed by atoms with Gasteiger partial charge in [0.25, 0.3) is 0 Å². The fourth-order valence-corrected chi connectivity index (χ4v) is 2.76. The van der Waals surface area contributed by atoms with Gasteiger partial charge in [0.1, 0.15) is 0 Å². The number of nitrogens with zero attached hydrogens (tertiary/aromatic N) is 4. The number of nitrogens with one attached hydrogen (secondary N) is 1. The van der Waals surface area contributed by atoms with Crippen LogP contribution in [0.15, 0.2) is 36.7 Å². The van der Waals surface area contributed by atoms with Crippen LogP contribution in [-0.2, 0) is 13.1 Å². The first-order valence-corrected chi connectivity index (χ1v) is 7.80. The van der Waals surface area contributed by atoms with Gasteiger partial charge in [-0.25, -0.2) is 0 Å². The van der Waals surface area contributed by atoms with E-state index in [1.165, 1.54) is 43.6 Å². The minimum atomic E-state index is 0.853. The van der Waals surface area contributed by atoms with Crippen molar-refractivity contribution in [2.75, 3.05) is 24.5 Å². The molecular formula is C16H23N5. The molecule has 1 saturated heterocycles. The van der Waals surface area contributed by atoms with Gasteiger partial charge in [-0.1, -0.05) is 17.3 Å². The second-order valence-electron chi connectivity index (χ2n) is 5.56. The lowest BCUT2D eigenvalue weighted by molar-refractivity contribution is 0.540. The van der Waals surface area contributed by atoms with E-state index < -0.39 is 0 Å². The van der Waals surface area contributed by atoms with Crippen molar-refractivity contribution in [1.82, 2.24) is 20.3 Å². The van der Waals surface area contributed by atoms with Crippen molar-refractivity contribution in [3.8, 4) is 0 Å². The molecule has 112 valence electrons. The minimum Gasteiger partial charge on any atom is -0.372 e. The van der Waals surface area contributed by atoms with Gasteiger partial charge in [-0.2, -0.15) is 0 Å². The molecule has 5 nitrogen and oxygen atoms in total. The third-order valence-corrected chi connectivity index (χ3v) is 3.98. The van der Waals surface area contributed by atoms with Crippen LogP contribution in [0.1, 0.15) is 24.8 Å². The van der Waals surface area contributed by atoms with Gasteiger partial charge in [0.15, 0.2) is 0 Å².